The fourth-order valence-corrected chi connectivity index (χ4v) is 7.82. The van der Waals surface area contributed by atoms with Crippen LogP contribution in [0.2, 0.25) is 39.3 Å². The van der Waals surface area contributed by atoms with Crippen molar-refractivity contribution >= 4 is 73.1 Å². The fourth-order valence-electron chi connectivity index (χ4n) is 4.59. The number of rotatable bonds is 11. The van der Waals surface area contributed by atoms with Gasteiger partial charge in [-0.15, -0.1) is 21.6 Å². The van der Waals surface area contributed by atoms with Gasteiger partial charge in [0, 0.05) is 17.2 Å². The molecule has 0 spiro atoms. The van der Waals surface area contributed by atoms with Gasteiger partial charge in [0.25, 0.3) is 0 Å². The summed E-state index contributed by atoms with van der Waals surface area (Å²) in [4.78, 5) is 27.6. The van der Waals surface area contributed by atoms with Gasteiger partial charge in [-0.1, -0.05) is 50.8 Å². The number of hydrogen-bond donors (Lipinski definition) is 0. The lowest BCUT2D eigenvalue weighted by atomic mass is 10.2. The summed E-state index contributed by atoms with van der Waals surface area (Å²) in [6, 6.07) is 23.2. The van der Waals surface area contributed by atoms with Gasteiger partial charge in [-0.3, -0.25) is 0 Å². The lowest BCUT2D eigenvalue weighted by Crippen LogP contribution is -2.32. The Labute approximate surface area is 365 Å². The maximum absolute atomic E-state index is 12.7. The Morgan fingerprint density at radius 2 is 1.26 bits per heavy atom. The van der Waals surface area contributed by atoms with Crippen LogP contribution in [0.25, 0.3) is 12.2 Å². The van der Waals surface area contributed by atoms with Gasteiger partial charge >= 0.3 is 32.9 Å². The molecule has 18 heteroatoms. The molecule has 1 aliphatic rings. The van der Waals surface area contributed by atoms with Crippen molar-refractivity contribution in [1.29, 1.82) is 0 Å². The number of nitrogens with zero attached hydrogens (tertiary/aromatic N) is 2. The average molecular weight is 923 g/mol. The number of allylic oxidation sites excluding steroid dienone is 1. The molecule has 0 N–H and O–H groups in total. The highest BCUT2D eigenvalue weighted by atomic mass is 32.3. The first-order valence-electron chi connectivity index (χ1n) is 18.7. The van der Waals surface area contributed by atoms with Crippen molar-refractivity contribution in [2.45, 2.75) is 59.6 Å². The number of esters is 1. The third-order valence-corrected chi connectivity index (χ3v) is 10.2. The first kappa shape index (κ1) is 51.9. The predicted octanol–water partition coefficient (Wildman–Crippen LogP) is 11.1. The van der Waals surface area contributed by atoms with Crippen LogP contribution < -0.4 is 17.2 Å². The Morgan fingerprint density at radius 3 is 1.76 bits per heavy atom. The van der Waals surface area contributed by atoms with E-state index < -0.39 is 43.4 Å². The molecule has 0 saturated heterocycles. The molecule has 0 aromatic heterocycles. The summed E-state index contributed by atoms with van der Waals surface area (Å²) in [5, 5.41) is 0. The van der Waals surface area contributed by atoms with Crippen LogP contribution in [-0.2, 0) is 39.9 Å². The molecular weight excluding hydrogens is 875 g/mol. The van der Waals surface area contributed by atoms with Gasteiger partial charge in [-0.2, -0.15) is 18.0 Å². The Kier molecular flexibility index (Phi) is 20.3. The first-order chi connectivity index (χ1) is 29.0. The maximum Gasteiger partial charge on any atom is 0.393 e. The van der Waals surface area contributed by atoms with Gasteiger partial charge in [0.15, 0.2) is 11.5 Å². The molecule has 1 unspecified atom stereocenters. The van der Waals surface area contributed by atoms with E-state index in [1.165, 1.54) is 35.9 Å². The molecule has 5 rings (SSSR count). The van der Waals surface area contributed by atoms with Gasteiger partial charge < -0.3 is 22.0 Å². The van der Waals surface area contributed by atoms with Crippen molar-refractivity contribution in [3.05, 3.63) is 119 Å². The van der Waals surface area contributed by atoms with Crippen LogP contribution >= 0.6 is 0 Å². The SMILES string of the molecule is C#Cc1ccc(N=S(=O)(F)F)cc1.C#Cc1ccc(N=S2(=O)Oc3ccc(/C=C/C(=O)OCC)cc3O2)cc1.CC/C=C/c1ccc(O[Si](C)(C)C)c(O[Si](C)(C)C)c1.O=C=O. The topological polar surface area (TPSA) is 156 Å². The van der Waals surface area contributed by atoms with Gasteiger partial charge in [-0.05, 0) is 143 Å². The van der Waals surface area contributed by atoms with Crippen LogP contribution in [0.1, 0.15) is 42.5 Å². The zero-order valence-electron chi connectivity index (χ0n) is 35.5. The summed E-state index contributed by atoms with van der Waals surface area (Å²) >= 11 is 0. The molecule has 4 aromatic rings. The van der Waals surface area contributed by atoms with E-state index in [2.05, 4.69) is 91.1 Å². The quantitative estimate of drug-likeness (QED) is 0.0466. The smallest absolute Gasteiger partial charge is 0.393 e. The summed E-state index contributed by atoms with van der Waals surface area (Å²) in [6.45, 7) is 17.3. The van der Waals surface area contributed by atoms with E-state index in [0.29, 0.717) is 34.7 Å². The van der Waals surface area contributed by atoms with E-state index in [1.54, 1.807) is 55.5 Å². The third kappa shape index (κ3) is 20.3. The number of terminal acetylenes is 2. The Balaban J connectivity index is 0.000000326. The minimum Gasteiger partial charge on any atom is -0.542 e. The molecule has 12 nitrogen and oxygen atoms in total. The van der Waals surface area contributed by atoms with Crippen molar-refractivity contribution in [2.24, 2.45) is 8.73 Å². The zero-order valence-corrected chi connectivity index (χ0v) is 39.1. The summed E-state index contributed by atoms with van der Waals surface area (Å²) in [5.41, 5.74) is 3.46. The molecule has 0 saturated carbocycles. The van der Waals surface area contributed by atoms with Crippen LogP contribution in [-0.4, -0.2) is 43.8 Å². The number of carbonyl (C=O) groups is 1. The molecule has 1 heterocycles. The molecule has 0 bridgehead atoms. The van der Waals surface area contributed by atoms with Crippen molar-refractivity contribution in [2.75, 3.05) is 6.61 Å². The van der Waals surface area contributed by atoms with E-state index in [0.717, 1.165) is 17.9 Å². The van der Waals surface area contributed by atoms with Crippen LogP contribution in [0.3, 0.4) is 0 Å². The molecule has 4 aromatic carbocycles. The number of hydrogen-bond acceptors (Lipinski definition) is 12. The highest BCUT2D eigenvalue weighted by Crippen LogP contribution is 2.38. The second kappa shape index (κ2) is 24.2. The van der Waals surface area contributed by atoms with Crippen molar-refractivity contribution in [3.8, 4) is 47.7 Å². The van der Waals surface area contributed by atoms with E-state index in [1.807, 2.05) is 6.07 Å². The molecule has 0 fully saturated rings. The van der Waals surface area contributed by atoms with E-state index in [-0.39, 0.29) is 17.6 Å². The second-order valence-corrected chi connectivity index (χ2v) is 25.6. The van der Waals surface area contributed by atoms with Crippen LogP contribution in [0.15, 0.2) is 106 Å². The Morgan fingerprint density at radius 1 is 0.758 bits per heavy atom. The number of ether oxygens (including phenoxy) is 1. The van der Waals surface area contributed by atoms with Crippen molar-refractivity contribution < 1.29 is 52.5 Å². The maximum atomic E-state index is 12.7. The molecule has 328 valence electrons. The summed E-state index contributed by atoms with van der Waals surface area (Å²) in [7, 11) is -11.7. The van der Waals surface area contributed by atoms with E-state index >= 15 is 0 Å². The summed E-state index contributed by atoms with van der Waals surface area (Å²) in [6.07, 6.45) is 18.8. The normalized spacial score (nSPS) is 13.9. The molecule has 0 radical (unpaired) electrons. The van der Waals surface area contributed by atoms with Gasteiger partial charge in [-0.25, -0.2) is 4.79 Å². The fraction of sp³-hybridized carbons (Fsp3) is 0.227. The van der Waals surface area contributed by atoms with E-state index in [9.17, 15) is 21.0 Å². The minimum absolute atomic E-state index is 0.0472. The van der Waals surface area contributed by atoms with Crippen LogP contribution in [0, 0.1) is 24.7 Å². The first-order valence-corrected chi connectivity index (χ1v) is 28.2. The number of carbonyl (C=O) groups excluding carboxylic acids is 3. The molecule has 62 heavy (non-hydrogen) atoms. The van der Waals surface area contributed by atoms with Gasteiger partial charge in [0.1, 0.15) is 11.5 Å². The monoisotopic (exact) mass is 922 g/mol. The van der Waals surface area contributed by atoms with Crippen LogP contribution in [0.4, 0.5) is 19.1 Å². The molecule has 1 atom stereocenters. The number of benzene rings is 4. The predicted molar refractivity (Wildman–Crippen MR) is 244 cm³/mol. The summed E-state index contributed by atoms with van der Waals surface area (Å²) in [5.74, 6) is 6.74. The molecule has 0 amide bonds. The summed E-state index contributed by atoms with van der Waals surface area (Å²) < 4.78 is 81.1. The Hall–Kier alpha value is -6.28. The van der Waals surface area contributed by atoms with Gasteiger partial charge in [0.2, 0.25) is 16.6 Å². The highest BCUT2D eigenvalue weighted by Gasteiger charge is 2.27. The molecule has 0 aliphatic carbocycles. The molecule has 1 aliphatic heterocycles. The highest BCUT2D eigenvalue weighted by molar-refractivity contribution is 7.85. The van der Waals surface area contributed by atoms with Crippen LogP contribution in [0.5, 0.6) is 23.0 Å². The third-order valence-electron chi connectivity index (χ3n) is 6.90. The zero-order chi connectivity index (χ0) is 46.6. The number of fused-ring (bicyclic) bond motifs is 1. The van der Waals surface area contributed by atoms with Gasteiger partial charge in [0.05, 0.1) is 18.0 Å². The Bertz CT molecular complexity index is 2580. The second-order valence-electron chi connectivity index (χ2n) is 14.4. The van der Waals surface area contributed by atoms with E-state index in [4.69, 9.17) is 44.4 Å². The van der Waals surface area contributed by atoms with Crippen molar-refractivity contribution in [3.63, 3.8) is 0 Å². The van der Waals surface area contributed by atoms with Crippen molar-refractivity contribution in [1.82, 2.24) is 0 Å². The molecular formula is C44H48F2N2O10S2Si2. The average Bonchev–Trinajstić information content (AvgIpc) is 3.52. The number of halogens is 2. The lowest BCUT2D eigenvalue weighted by molar-refractivity contribution is -0.191. The largest absolute Gasteiger partial charge is 0.542 e. The minimum atomic E-state index is -5.07. The lowest BCUT2D eigenvalue weighted by Gasteiger charge is -2.26. The standard InChI is InChI=1S/C19H15NO5S.C16H28O2Si2.C8H5F2NOS.CO2/c1-3-14-5-9-16(10-6-14)20-26(22)24-17-11-7-15(13-18(17)25-26)8-12-19(21)23-4-2;1-8-9-10-14-11-12-15(17-19(2,3)4)16(13-14)18-20(5,6)7;1-2-7-3-5-8(6-4-7)11-13(9,10)12;2-1-3/h1,5-13H,4H2,2H3;9-13H,8H2,1-7H3;1,3-6H;/b12-8+;10-9+;;.